The second-order valence-corrected chi connectivity index (χ2v) is 6.33. The van der Waals surface area contributed by atoms with Gasteiger partial charge < -0.3 is 19.5 Å². The Hall–Kier alpha value is -1.92. The number of nitrogens with zero attached hydrogens (tertiary/aromatic N) is 1. The second-order valence-electron chi connectivity index (χ2n) is 6.33. The third-order valence-electron chi connectivity index (χ3n) is 4.42. The fourth-order valence-corrected chi connectivity index (χ4v) is 3.38. The summed E-state index contributed by atoms with van der Waals surface area (Å²) < 4.78 is 11.5. The summed E-state index contributed by atoms with van der Waals surface area (Å²) in [5, 5.41) is 9.24. The van der Waals surface area contributed by atoms with Gasteiger partial charge in [0.1, 0.15) is 5.60 Å². The number of carboxylic acid groups (broad SMARTS) is 1. The molecule has 3 rings (SSSR count). The number of morpholine rings is 1. The summed E-state index contributed by atoms with van der Waals surface area (Å²) in [5.41, 5.74) is 0.321. The van der Waals surface area contributed by atoms with E-state index in [1.54, 1.807) is 23.1 Å². The summed E-state index contributed by atoms with van der Waals surface area (Å²) in [7, 11) is 0. The summed E-state index contributed by atoms with van der Waals surface area (Å²) in [6.07, 6.45) is 0.822. The Morgan fingerprint density at radius 2 is 2.17 bits per heavy atom. The number of hydrogen-bond donors (Lipinski definition) is 1. The van der Waals surface area contributed by atoms with E-state index in [9.17, 15) is 14.7 Å². The predicted molar refractivity (Wildman–Crippen MR) is 82.4 cm³/mol. The zero-order chi connectivity index (χ0) is 16.4. The van der Waals surface area contributed by atoms with E-state index in [4.69, 9.17) is 9.47 Å². The van der Waals surface area contributed by atoms with E-state index in [0.29, 0.717) is 31.9 Å². The number of ether oxygens (including phenoxy) is 2. The first-order valence-corrected chi connectivity index (χ1v) is 7.84. The highest BCUT2D eigenvalue weighted by molar-refractivity contribution is 5.91. The van der Waals surface area contributed by atoms with Crippen LogP contribution in [0.15, 0.2) is 24.3 Å². The van der Waals surface area contributed by atoms with Gasteiger partial charge in [-0.25, -0.2) is 4.79 Å². The highest BCUT2D eigenvalue weighted by atomic mass is 16.6. The summed E-state index contributed by atoms with van der Waals surface area (Å²) >= 11 is 0. The molecule has 0 saturated carbocycles. The summed E-state index contributed by atoms with van der Waals surface area (Å²) in [6, 6.07) is 6.64. The lowest BCUT2D eigenvalue weighted by atomic mass is 9.98. The van der Waals surface area contributed by atoms with Gasteiger partial charge in [0.05, 0.1) is 31.2 Å². The number of carbonyl (C=O) groups is 2. The van der Waals surface area contributed by atoms with Gasteiger partial charge in [0.25, 0.3) is 0 Å². The van der Waals surface area contributed by atoms with Gasteiger partial charge in [-0.15, -0.1) is 0 Å². The first kappa shape index (κ1) is 16.0. The molecular weight excluding hydrogens is 298 g/mol. The molecule has 2 fully saturated rings. The van der Waals surface area contributed by atoms with Crippen molar-refractivity contribution in [3.8, 4) is 0 Å². The monoisotopic (exact) mass is 319 g/mol. The quantitative estimate of drug-likeness (QED) is 0.910. The smallest absolute Gasteiger partial charge is 0.335 e. The molecule has 124 valence electrons. The molecule has 2 aliphatic rings. The van der Waals surface area contributed by atoms with Crippen molar-refractivity contribution in [3.63, 3.8) is 0 Å². The van der Waals surface area contributed by atoms with E-state index in [2.05, 4.69) is 0 Å². The molecule has 1 spiro atoms. The molecule has 2 unspecified atom stereocenters. The topological polar surface area (TPSA) is 76.1 Å². The van der Waals surface area contributed by atoms with Crippen LogP contribution < -0.4 is 0 Å². The molecule has 0 aliphatic carbocycles. The Labute approximate surface area is 135 Å². The third kappa shape index (κ3) is 3.38. The van der Waals surface area contributed by atoms with Crippen LogP contribution in [0.2, 0.25) is 0 Å². The molecule has 1 aromatic carbocycles. The minimum atomic E-state index is -1.01. The first-order valence-electron chi connectivity index (χ1n) is 7.84. The SMILES string of the molecule is CC1CN(C(=O)Cc2ccccc2C(=O)O)CC2(CCOC2)O1. The number of aromatic carboxylic acids is 1. The molecule has 1 aromatic rings. The number of rotatable bonds is 3. The molecule has 23 heavy (non-hydrogen) atoms. The molecule has 0 aromatic heterocycles. The molecule has 0 radical (unpaired) electrons. The van der Waals surface area contributed by atoms with Gasteiger partial charge in [-0.1, -0.05) is 18.2 Å². The predicted octanol–water partition coefficient (Wildman–Crippen LogP) is 1.33. The molecule has 2 heterocycles. The average Bonchev–Trinajstić information content (AvgIpc) is 2.94. The van der Waals surface area contributed by atoms with Crippen molar-refractivity contribution in [2.75, 3.05) is 26.3 Å². The maximum Gasteiger partial charge on any atom is 0.335 e. The minimum absolute atomic E-state index is 0.0517. The van der Waals surface area contributed by atoms with Crippen LogP contribution in [0.25, 0.3) is 0 Å². The number of benzene rings is 1. The van der Waals surface area contributed by atoms with E-state index >= 15 is 0 Å². The van der Waals surface area contributed by atoms with Gasteiger partial charge >= 0.3 is 5.97 Å². The number of carbonyl (C=O) groups excluding carboxylic acids is 1. The Bertz CT molecular complexity index is 609. The van der Waals surface area contributed by atoms with Gasteiger partial charge in [-0.3, -0.25) is 4.79 Å². The van der Waals surface area contributed by atoms with Crippen LogP contribution in [0.1, 0.15) is 29.3 Å². The van der Waals surface area contributed by atoms with Crippen LogP contribution in [0, 0.1) is 0 Å². The van der Waals surface area contributed by atoms with Crippen molar-refractivity contribution in [2.45, 2.75) is 31.5 Å². The standard InChI is InChI=1S/C17H21NO5/c1-12-9-18(10-17(23-12)6-7-22-11-17)15(19)8-13-4-2-3-5-14(13)16(20)21/h2-5,12H,6-11H2,1H3,(H,20,21). The summed E-state index contributed by atoms with van der Waals surface area (Å²) in [6.45, 7) is 4.13. The lowest BCUT2D eigenvalue weighted by Gasteiger charge is -2.43. The average molecular weight is 319 g/mol. The zero-order valence-corrected chi connectivity index (χ0v) is 13.2. The Balaban J connectivity index is 1.74. The van der Waals surface area contributed by atoms with E-state index in [-0.39, 0.29) is 24.0 Å². The van der Waals surface area contributed by atoms with Gasteiger partial charge in [0, 0.05) is 19.6 Å². The molecule has 1 amide bonds. The molecular formula is C17H21NO5. The third-order valence-corrected chi connectivity index (χ3v) is 4.42. The lowest BCUT2D eigenvalue weighted by Crippen LogP contribution is -2.57. The zero-order valence-electron chi connectivity index (χ0n) is 13.2. The Morgan fingerprint density at radius 3 is 2.87 bits per heavy atom. The number of carboxylic acids is 1. The largest absolute Gasteiger partial charge is 0.478 e. The van der Waals surface area contributed by atoms with Crippen LogP contribution in [0.3, 0.4) is 0 Å². The minimum Gasteiger partial charge on any atom is -0.478 e. The fraction of sp³-hybridized carbons (Fsp3) is 0.529. The number of amides is 1. The van der Waals surface area contributed by atoms with E-state index in [1.807, 2.05) is 6.92 Å². The second kappa shape index (κ2) is 6.29. The molecule has 1 N–H and O–H groups in total. The molecule has 0 bridgehead atoms. The van der Waals surface area contributed by atoms with E-state index in [1.165, 1.54) is 6.07 Å². The molecule has 2 atom stereocenters. The first-order chi connectivity index (χ1) is 11.0. The Kier molecular flexibility index (Phi) is 4.37. The normalized spacial score (nSPS) is 27.3. The van der Waals surface area contributed by atoms with Crippen molar-refractivity contribution in [1.82, 2.24) is 4.90 Å². The highest BCUT2D eigenvalue weighted by Crippen LogP contribution is 2.30. The van der Waals surface area contributed by atoms with Gasteiger partial charge in [-0.2, -0.15) is 0 Å². The van der Waals surface area contributed by atoms with Crippen molar-refractivity contribution < 1.29 is 24.2 Å². The van der Waals surface area contributed by atoms with Gasteiger partial charge in [-0.05, 0) is 18.6 Å². The fourth-order valence-electron chi connectivity index (χ4n) is 3.38. The van der Waals surface area contributed by atoms with Crippen LogP contribution in [-0.2, 0) is 20.7 Å². The summed E-state index contributed by atoms with van der Waals surface area (Å²) in [4.78, 5) is 25.7. The van der Waals surface area contributed by atoms with Crippen LogP contribution in [0.4, 0.5) is 0 Å². The van der Waals surface area contributed by atoms with Crippen molar-refractivity contribution in [2.24, 2.45) is 0 Å². The van der Waals surface area contributed by atoms with Gasteiger partial charge in [0.15, 0.2) is 0 Å². The molecule has 6 heteroatoms. The van der Waals surface area contributed by atoms with Crippen LogP contribution in [-0.4, -0.2) is 59.9 Å². The molecule has 2 saturated heterocycles. The van der Waals surface area contributed by atoms with Crippen molar-refractivity contribution in [3.05, 3.63) is 35.4 Å². The Morgan fingerprint density at radius 1 is 1.39 bits per heavy atom. The molecule has 6 nitrogen and oxygen atoms in total. The van der Waals surface area contributed by atoms with Crippen LogP contribution in [0.5, 0.6) is 0 Å². The van der Waals surface area contributed by atoms with Crippen molar-refractivity contribution in [1.29, 1.82) is 0 Å². The maximum absolute atomic E-state index is 12.7. The van der Waals surface area contributed by atoms with Crippen molar-refractivity contribution >= 4 is 11.9 Å². The molecule has 2 aliphatic heterocycles. The summed E-state index contributed by atoms with van der Waals surface area (Å²) in [5.74, 6) is -1.08. The van der Waals surface area contributed by atoms with E-state index < -0.39 is 11.6 Å². The number of hydrogen-bond acceptors (Lipinski definition) is 4. The highest BCUT2D eigenvalue weighted by Gasteiger charge is 2.43. The lowest BCUT2D eigenvalue weighted by molar-refractivity contribution is -0.165. The van der Waals surface area contributed by atoms with Gasteiger partial charge in [0.2, 0.25) is 5.91 Å². The maximum atomic E-state index is 12.7. The van der Waals surface area contributed by atoms with Crippen LogP contribution >= 0.6 is 0 Å². The van der Waals surface area contributed by atoms with E-state index in [0.717, 1.165) is 6.42 Å².